The third-order valence-corrected chi connectivity index (χ3v) is 2.74. The molecular weight excluding hydrogens is 284 g/mol. The molecule has 0 aliphatic heterocycles. The minimum absolute atomic E-state index is 0.0367. The van der Waals surface area contributed by atoms with Crippen LogP contribution in [0.4, 0.5) is 14.5 Å². The number of carbonyl (C=O) groups is 1. The predicted molar refractivity (Wildman–Crippen MR) is 72.6 cm³/mol. The number of nitro groups is 1. The Morgan fingerprint density at radius 2 is 1.90 bits per heavy atom. The molecule has 0 aromatic heterocycles. The van der Waals surface area contributed by atoms with Gasteiger partial charge in [0.15, 0.2) is 0 Å². The van der Waals surface area contributed by atoms with Crippen molar-refractivity contribution in [3.05, 3.63) is 39.4 Å². The average molecular weight is 301 g/mol. The number of hydrogen-bond acceptors (Lipinski definition) is 4. The van der Waals surface area contributed by atoms with E-state index in [1.54, 1.807) is 20.8 Å². The van der Waals surface area contributed by atoms with Crippen LogP contribution in [0.5, 0.6) is 0 Å². The maximum Gasteiger partial charge on any atom is 0.305 e. The zero-order valence-electron chi connectivity index (χ0n) is 11.9. The molecule has 6 nitrogen and oxygen atoms in total. The van der Waals surface area contributed by atoms with E-state index in [-0.39, 0.29) is 24.1 Å². The fourth-order valence-electron chi connectivity index (χ4n) is 1.62. The summed E-state index contributed by atoms with van der Waals surface area (Å²) in [5.41, 5.74) is -0.875. The highest BCUT2D eigenvalue weighted by atomic mass is 19.1. The van der Waals surface area contributed by atoms with Gasteiger partial charge in [-0.2, -0.15) is 4.39 Å². The maximum atomic E-state index is 13.6. The first kappa shape index (κ1) is 17.0. The maximum absolute atomic E-state index is 13.6. The molecule has 1 amide bonds. The van der Waals surface area contributed by atoms with Crippen molar-refractivity contribution in [1.29, 1.82) is 0 Å². The number of carbonyl (C=O) groups excluding carboxylic acids is 1. The highest BCUT2D eigenvalue weighted by Gasteiger charge is 2.19. The Morgan fingerprint density at radius 3 is 2.43 bits per heavy atom. The molecule has 21 heavy (non-hydrogen) atoms. The van der Waals surface area contributed by atoms with Gasteiger partial charge in [0.2, 0.25) is 11.7 Å². The number of hydrogen-bond donors (Lipinski definition) is 2. The number of benzene rings is 1. The summed E-state index contributed by atoms with van der Waals surface area (Å²) >= 11 is 0. The normalized spacial score (nSPS) is 12.3. The monoisotopic (exact) mass is 301 g/mol. The molecule has 1 aromatic carbocycles. The van der Waals surface area contributed by atoms with Gasteiger partial charge in [-0.25, -0.2) is 4.39 Å². The molecule has 1 aromatic rings. The number of rotatable bonds is 6. The molecule has 0 bridgehead atoms. The molecule has 0 fully saturated rings. The summed E-state index contributed by atoms with van der Waals surface area (Å²) in [4.78, 5) is 21.3. The molecule has 1 rings (SSSR count). The molecule has 0 saturated carbocycles. The highest BCUT2D eigenvalue weighted by Crippen LogP contribution is 2.21. The fraction of sp³-hybridized carbons (Fsp3) is 0.462. The summed E-state index contributed by atoms with van der Waals surface area (Å²) in [5, 5.41) is 16.0. The van der Waals surface area contributed by atoms with Crippen LogP contribution in [0.1, 0.15) is 26.3 Å². The highest BCUT2D eigenvalue weighted by molar-refractivity contribution is 5.81. The molecule has 0 saturated heterocycles. The Morgan fingerprint density at radius 1 is 1.29 bits per heavy atom. The van der Waals surface area contributed by atoms with Crippen LogP contribution < -0.4 is 10.6 Å². The largest absolute Gasteiger partial charge is 0.353 e. The van der Waals surface area contributed by atoms with Crippen molar-refractivity contribution in [2.75, 3.05) is 0 Å². The van der Waals surface area contributed by atoms with Gasteiger partial charge in [-0.1, -0.05) is 0 Å². The Labute approximate surface area is 120 Å². The SMILES string of the molecule is CC(C)NC(=O)C(C)NCc1cc([N+](=O)[O-])c(F)cc1F. The van der Waals surface area contributed by atoms with Crippen LogP contribution in [-0.4, -0.2) is 22.9 Å². The van der Waals surface area contributed by atoms with Crippen LogP contribution in [0, 0.1) is 21.7 Å². The molecular formula is C13H17F2N3O3. The summed E-state index contributed by atoms with van der Waals surface area (Å²) < 4.78 is 26.7. The van der Waals surface area contributed by atoms with E-state index in [1.807, 2.05) is 0 Å². The van der Waals surface area contributed by atoms with E-state index in [9.17, 15) is 23.7 Å². The van der Waals surface area contributed by atoms with E-state index in [0.717, 1.165) is 6.07 Å². The van der Waals surface area contributed by atoms with Gasteiger partial charge in [0.25, 0.3) is 0 Å². The lowest BCUT2D eigenvalue weighted by molar-refractivity contribution is -0.387. The summed E-state index contributed by atoms with van der Waals surface area (Å²) in [6, 6.07) is 0.639. The zero-order valence-corrected chi connectivity index (χ0v) is 11.9. The Balaban J connectivity index is 2.77. The molecule has 8 heteroatoms. The second-order valence-electron chi connectivity index (χ2n) is 4.92. The van der Waals surface area contributed by atoms with Crippen LogP contribution in [0.2, 0.25) is 0 Å². The first-order chi connectivity index (χ1) is 9.72. The number of nitrogens with one attached hydrogen (secondary N) is 2. The van der Waals surface area contributed by atoms with Crippen LogP contribution in [0.15, 0.2) is 12.1 Å². The fourth-order valence-corrected chi connectivity index (χ4v) is 1.62. The lowest BCUT2D eigenvalue weighted by Gasteiger charge is -2.16. The van der Waals surface area contributed by atoms with E-state index in [0.29, 0.717) is 6.07 Å². The van der Waals surface area contributed by atoms with E-state index in [2.05, 4.69) is 10.6 Å². The third-order valence-electron chi connectivity index (χ3n) is 2.74. The Kier molecular flexibility index (Phi) is 5.71. The van der Waals surface area contributed by atoms with Gasteiger partial charge in [0.05, 0.1) is 11.0 Å². The Bertz CT molecular complexity index is 550. The van der Waals surface area contributed by atoms with E-state index >= 15 is 0 Å². The van der Waals surface area contributed by atoms with E-state index in [1.165, 1.54) is 0 Å². The number of halogens is 2. The zero-order chi connectivity index (χ0) is 16.2. The second kappa shape index (κ2) is 7.07. The van der Waals surface area contributed by atoms with Crippen LogP contribution in [-0.2, 0) is 11.3 Å². The number of nitro benzene ring substituents is 1. The van der Waals surface area contributed by atoms with E-state index in [4.69, 9.17) is 0 Å². The van der Waals surface area contributed by atoms with Gasteiger partial charge in [0.1, 0.15) is 5.82 Å². The van der Waals surface area contributed by atoms with Gasteiger partial charge in [0, 0.05) is 30.3 Å². The summed E-state index contributed by atoms with van der Waals surface area (Å²) in [7, 11) is 0. The standard InChI is InChI=1S/C13H17F2N3O3/c1-7(2)17-13(19)8(3)16-6-9-4-12(18(20)21)11(15)5-10(9)14/h4-5,7-8,16H,6H2,1-3H3,(H,17,19). The quantitative estimate of drug-likeness (QED) is 0.620. The minimum Gasteiger partial charge on any atom is -0.353 e. The molecule has 1 unspecified atom stereocenters. The topological polar surface area (TPSA) is 84.3 Å². The molecule has 0 spiro atoms. The van der Waals surface area contributed by atoms with Crippen molar-refractivity contribution >= 4 is 11.6 Å². The number of nitrogens with zero attached hydrogens (tertiary/aromatic N) is 1. The lowest BCUT2D eigenvalue weighted by atomic mass is 10.1. The first-order valence-electron chi connectivity index (χ1n) is 6.38. The van der Waals surface area contributed by atoms with Crippen molar-refractivity contribution in [2.45, 2.75) is 39.4 Å². The third kappa shape index (κ3) is 4.75. The smallest absolute Gasteiger partial charge is 0.305 e. The van der Waals surface area contributed by atoms with Crippen molar-refractivity contribution in [1.82, 2.24) is 10.6 Å². The summed E-state index contributed by atoms with van der Waals surface area (Å²) in [6.07, 6.45) is 0. The molecule has 2 N–H and O–H groups in total. The molecule has 0 aliphatic carbocycles. The summed E-state index contributed by atoms with van der Waals surface area (Å²) in [5.74, 6) is -2.41. The predicted octanol–water partition coefficient (Wildman–Crippen LogP) is 1.88. The van der Waals surface area contributed by atoms with Gasteiger partial charge in [-0.05, 0) is 20.8 Å². The van der Waals surface area contributed by atoms with Crippen molar-refractivity contribution in [3.63, 3.8) is 0 Å². The first-order valence-corrected chi connectivity index (χ1v) is 6.38. The molecule has 0 heterocycles. The van der Waals surface area contributed by atoms with Crippen LogP contribution in [0.25, 0.3) is 0 Å². The Hall–Kier alpha value is -2.09. The minimum atomic E-state index is -1.23. The molecule has 0 aliphatic rings. The van der Waals surface area contributed by atoms with Crippen LogP contribution >= 0.6 is 0 Å². The van der Waals surface area contributed by atoms with Gasteiger partial charge in [-0.3, -0.25) is 14.9 Å². The van der Waals surface area contributed by atoms with Gasteiger partial charge >= 0.3 is 5.69 Å². The van der Waals surface area contributed by atoms with Crippen molar-refractivity contribution in [2.24, 2.45) is 0 Å². The average Bonchev–Trinajstić information content (AvgIpc) is 2.35. The molecule has 116 valence electrons. The second-order valence-corrected chi connectivity index (χ2v) is 4.92. The molecule has 0 radical (unpaired) electrons. The van der Waals surface area contributed by atoms with E-state index < -0.39 is 28.3 Å². The number of amides is 1. The van der Waals surface area contributed by atoms with Crippen molar-refractivity contribution < 1.29 is 18.5 Å². The lowest BCUT2D eigenvalue weighted by Crippen LogP contribution is -2.44. The van der Waals surface area contributed by atoms with Gasteiger partial charge in [-0.15, -0.1) is 0 Å². The summed E-state index contributed by atoms with van der Waals surface area (Å²) in [6.45, 7) is 5.05. The van der Waals surface area contributed by atoms with Crippen LogP contribution in [0.3, 0.4) is 0 Å². The molecule has 1 atom stereocenters. The van der Waals surface area contributed by atoms with Crippen molar-refractivity contribution in [3.8, 4) is 0 Å². The van der Waals surface area contributed by atoms with Gasteiger partial charge < -0.3 is 10.6 Å².